The summed E-state index contributed by atoms with van der Waals surface area (Å²) >= 11 is 0. The molecule has 1 aromatic carbocycles. The zero-order valence-electron chi connectivity index (χ0n) is 16.0. The van der Waals surface area contributed by atoms with E-state index in [1.807, 2.05) is 35.4 Å². The molecule has 7 nitrogen and oxygen atoms in total. The zero-order valence-corrected chi connectivity index (χ0v) is 16.0. The van der Waals surface area contributed by atoms with E-state index >= 15 is 0 Å². The molecule has 0 radical (unpaired) electrons. The number of amides is 1. The highest BCUT2D eigenvalue weighted by atomic mass is 16.6. The summed E-state index contributed by atoms with van der Waals surface area (Å²) in [5.74, 6) is 1.58. The first kappa shape index (κ1) is 17.7. The molecule has 2 aromatic heterocycles. The highest BCUT2D eigenvalue weighted by Crippen LogP contribution is 2.34. The van der Waals surface area contributed by atoms with Crippen molar-refractivity contribution in [2.75, 3.05) is 26.3 Å². The Balaban J connectivity index is 1.37. The Labute approximate surface area is 168 Å². The molecule has 0 aliphatic carbocycles. The molecule has 1 atom stereocenters. The minimum Gasteiger partial charge on any atom is -0.486 e. The van der Waals surface area contributed by atoms with Crippen molar-refractivity contribution in [2.24, 2.45) is 0 Å². The van der Waals surface area contributed by atoms with Gasteiger partial charge in [-0.1, -0.05) is 0 Å². The van der Waals surface area contributed by atoms with E-state index in [0.29, 0.717) is 36.8 Å². The van der Waals surface area contributed by atoms with Gasteiger partial charge in [0.25, 0.3) is 5.91 Å². The molecule has 5 rings (SSSR count). The summed E-state index contributed by atoms with van der Waals surface area (Å²) < 4.78 is 11.2. The second kappa shape index (κ2) is 7.58. The summed E-state index contributed by atoms with van der Waals surface area (Å²) in [6.45, 7) is 2.46. The van der Waals surface area contributed by atoms with Crippen molar-refractivity contribution in [2.45, 2.75) is 18.8 Å². The van der Waals surface area contributed by atoms with Gasteiger partial charge in [0, 0.05) is 48.2 Å². The molecule has 0 saturated carbocycles. The molecule has 3 aromatic rings. The SMILES string of the molecule is O=C(c1ccc2c(c1)OCCO2)N1CCCC(c2[nH]ncc2-c2ccncc2)C1. The lowest BCUT2D eigenvalue weighted by atomic mass is 9.90. The van der Waals surface area contributed by atoms with Gasteiger partial charge >= 0.3 is 0 Å². The van der Waals surface area contributed by atoms with Gasteiger partial charge in [0.15, 0.2) is 11.5 Å². The Bertz CT molecular complexity index is 1020. The topological polar surface area (TPSA) is 80.3 Å². The van der Waals surface area contributed by atoms with Crippen molar-refractivity contribution >= 4 is 5.91 Å². The van der Waals surface area contributed by atoms with Crippen LogP contribution < -0.4 is 9.47 Å². The van der Waals surface area contributed by atoms with E-state index in [1.54, 1.807) is 18.5 Å². The zero-order chi connectivity index (χ0) is 19.6. The average Bonchev–Trinajstić information content (AvgIpc) is 3.29. The van der Waals surface area contributed by atoms with E-state index in [1.165, 1.54) is 0 Å². The Hall–Kier alpha value is -3.35. The van der Waals surface area contributed by atoms with E-state index in [2.05, 4.69) is 15.2 Å². The molecule has 1 unspecified atom stereocenters. The fourth-order valence-electron chi connectivity index (χ4n) is 4.13. The van der Waals surface area contributed by atoms with Crippen molar-refractivity contribution in [1.29, 1.82) is 0 Å². The molecule has 0 bridgehead atoms. The number of rotatable bonds is 3. The number of hydrogen-bond donors (Lipinski definition) is 1. The number of likely N-dealkylation sites (tertiary alicyclic amines) is 1. The van der Waals surface area contributed by atoms with Crippen molar-refractivity contribution < 1.29 is 14.3 Å². The van der Waals surface area contributed by atoms with E-state index in [9.17, 15) is 4.79 Å². The van der Waals surface area contributed by atoms with Crippen molar-refractivity contribution in [3.8, 4) is 22.6 Å². The number of aromatic amines is 1. The predicted molar refractivity (Wildman–Crippen MR) is 107 cm³/mol. The number of benzene rings is 1. The van der Waals surface area contributed by atoms with Crippen LogP contribution in [-0.4, -0.2) is 52.3 Å². The minimum atomic E-state index is 0.0247. The molecular weight excluding hydrogens is 368 g/mol. The quantitative estimate of drug-likeness (QED) is 0.742. The van der Waals surface area contributed by atoms with Crippen molar-refractivity contribution in [1.82, 2.24) is 20.1 Å². The normalized spacial score (nSPS) is 18.5. The number of carbonyl (C=O) groups excluding carboxylic acids is 1. The van der Waals surface area contributed by atoms with Crippen molar-refractivity contribution in [3.63, 3.8) is 0 Å². The van der Waals surface area contributed by atoms with Crippen molar-refractivity contribution in [3.05, 3.63) is 60.2 Å². The first-order valence-electron chi connectivity index (χ1n) is 9.92. The summed E-state index contributed by atoms with van der Waals surface area (Å²) in [5, 5.41) is 7.44. The number of pyridine rings is 1. The average molecular weight is 390 g/mol. The van der Waals surface area contributed by atoms with Gasteiger partial charge in [-0.15, -0.1) is 0 Å². The predicted octanol–water partition coefficient (Wildman–Crippen LogP) is 3.26. The van der Waals surface area contributed by atoms with Gasteiger partial charge in [-0.3, -0.25) is 14.9 Å². The van der Waals surface area contributed by atoms with Crippen LogP contribution in [0.25, 0.3) is 11.1 Å². The highest BCUT2D eigenvalue weighted by Gasteiger charge is 2.29. The van der Waals surface area contributed by atoms with Gasteiger partial charge in [-0.05, 0) is 48.7 Å². The number of hydrogen-bond acceptors (Lipinski definition) is 5. The maximum Gasteiger partial charge on any atom is 0.254 e. The molecule has 1 N–H and O–H groups in total. The van der Waals surface area contributed by atoms with E-state index in [-0.39, 0.29) is 11.8 Å². The number of H-pyrrole nitrogens is 1. The van der Waals surface area contributed by atoms with E-state index in [4.69, 9.17) is 9.47 Å². The maximum absolute atomic E-state index is 13.2. The van der Waals surface area contributed by atoms with Gasteiger partial charge in [-0.25, -0.2) is 0 Å². The molecule has 2 aliphatic rings. The Morgan fingerprint density at radius 3 is 2.79 bits per heavy atom. The van der Waals surface area contributed by atoms with E-state index < -0.39 is 0 Å². The van der Waals surface area contributed by atoms with Gasteiger partial charge in [0.2, 0.25) is 0 Å². The molecule has 1 amide bonds. The number of carbonyl (C=O) groups is 1. The largest absolute Gasteiger partial charge is 0.486 e. The van der Waals surface area contributed by atoms with Crippen LogP contribution in [0.3, 0.4) is 0 Å². The lowest BCUT2D eigenvalue weighted by molar-refractivity contribution is 0.0705. The molecule has 1 fully saturated rings. The summed E-state index contributed by atoms with van der Waals surface area (Å²) in [4.78, 5) is 19.2. The molecule has 1 saturated heterocycles. The maximum atomic E-state index is 13.2. The van der Waals surface area contributed by atoms with Crippen LogP contribution >= 0.6 is 0 Å². The second-order valence-electron chi connectivity index (χ2n) is 7.38. The number of fused-ring (bicyclic) bond motifs is 1. The highest BCUT2D eigenvalue weighted by molar-refractivity contribution is 5.95. The third kappa shape index (κ3) is 3.44. The lowest BCUT2D eigenvalue weighted by Crippen LogP contribution is -2.39. The molecule has 7 heteroatoms. The number of nitrogens with zero attached hydrogens (tertiary/aromatic N) is 3. The molecule has 2 aliphatic heterocycles. The standard InChI is InChI=1S/C22H22N4O3/c27-22(16-3-4-19-20(12-16)29-11-10-28-19)26-9-1-2-17(14-26)21-18(13-24-25-21)15-5-7-23-8-6-15/h3-8,12-13,17H,1-2,9-11,14H2,(H,24,25). The molecule has 0 spiro atoms. The van der Waals surface area contributed by atoms with Gasteiger partial charge in [0.1, 0.15) is 13.2 Å². The Kier molecular flexibility index (Phi) is 4.63. The third-order valence-electron chi connectivity index (χ3n) is 5.57. The third-order valence-corrected chi connectivity index (χ3v) is 5.57. The van der Waals surface area contributed by atoms with Crippen LogP contribution in [0.15, 0.2) is 48.9 Å². The summed E-state index contributed by atoms with van der Waals surface area (Å²) in [6.07, 6.45) is 7.39. The van der Waals surface area contributed by atoms with Crippen LogP contribution in [-0.2, 0) is 0 Å². The molecule has 4 heterocycles. The molecule has 148 valence electrons. The molecule has 29 heavy (non-hydrogen) atoms. The lowest BCUT2D eigenvalue weighted by Gasteiger charge is -2.33. The fraction of sp³-hybridized carbons (Fsp3) is 0.318. The number of nitrogens with one attached hydrogen (secondary N) is 1. The van der Waals surface area contributed by atoms with Gasteiger partial charge in [0.05, 0.1) is 6.20 Å². The number of ether oxygens (including phenoxy) is 2. The van der Waals surface area contributed by atoms with Crippen LogP contribution in [0.1, 0.15) is 34.8 Å². The smallest absolute Gasteiger partial charge is 0.254 e. The summed E-state index contributed by atoms with van der Waals surface area (Å²) in [7, 11) is 0. The minimum absolute atomic E-state index is 0.0247. The van der Waals surface area contributed by atoms with Gasteiger partial charge < -0.3 is 14.4 Å². The van der Waals surface area contributed by atoms with Crippen LogP contribution in [0.2, 0.25) is 0 Å². The first-order chi connectivity index (χ1) is 14.3. The van der Waals surface area contributed by atoms with Crippen LogP contribution in [0.5, 0.6) is 11.5 Å². The monoisotopic (exact) mass is 390 g/mol. The van der Waals surface area contributed by atoms with E-state index in [0.717, 1.165) is 36.2 Å². The molecular formula is C22H22N4O3. The second-order valence-corrected chi connectivity index (χ2v) is 7.38. The Morgan fingerprint density at radius 2 is 1.93 bits per heavy atom. The van der Waals surface area contributed by atoms with Crippen LogP contribution in [0, 0.1) is 0 Å². The number of aromatic nitrogens is 3. The first-order valence-corrected chi connectivity index (χ1v) is 9.92. The summed E-state index contributed by atoms with van der Waals surface area (Å²) in [6, 6.07) is 9.39. The Morgan fingerprint density at radius 1 is 1.10 bits per heavy atom. The number of piperidine rings is 1. The van der Waals surface area contributed by atoms with Gasteiger partial charge in [-0.2, -0.15) is 5.10 Å². The van der Waals surface area contributed by atoms with Crippen LogP contribution in [0.4, 0.5) is 0 Å². The summed E-state index contributed by atoms with van der Waals surface area (Å²) in [5.41, 5.74) is 3.87. The fourth-order valence-corrected chi connectivity index (χ4v) is 4.13.